The Morgan fingerprint density at radius 2 is 2.00 bits per heavy atom. The summed E-state index contributed by atoms with van der Waals surface area (Å²) >= 11 is 5.02. The highest BCUT2D eigenvalue weighted by molar-refractivity contribution is 7.71. The van der Waals surface area contributed by atoms with E-state index >= 15 is 0 Å². The SMILES string of the molecule is S=c1[nH]cc(CCc2cccc3cccnc23)[nH]1. The molecule has 2 heterocycles. The molecule has 0 atom stereocenters. The standard InChI is InChI=1S/C14H13N3S/c18-14-16-9-12(17-14)7-6-11-4-1-3-10-5-2-8-15-13(10)11/h1-5,8-9H,6-7H2,(H2,16,17,18). The largest absolute Gasteiger partial charge is 0.337 e. The molecule has 4 heteroatoms. The minimum absolute atomic E-state index is 0.682. The summed E-state index contributed by atoms with van der Waals surface area (Å²) in [6.45, 7) is 0. The van der Waals surface area contributed by atoms with Gasteiger partial charge in [-0.25, -0.2) is 0 Å². The molecule has 0 aliphatic rings. The smallest absolute Gasteiger partial charge is 0.174 e. The number of hydrogen-bond acceptors (Lipinski definition) is 2. The molecule has 2 N–H and O–H groups in total. The Morgan fingerprint density at radius 1 is 1.11 bits per heavy atom. The highest BCUT2D eigenvalue weighted by Crippen LogP contribution is 2.17. The number of aryl methyl sites for hydroxylation is 2. The van der Waals surface area contributed by atoms with Crippen molar-refractivity contribution in [1.29, 1.82) is 0 Å². The highest BCUT2D eigenvalue weighted by atomic mass is 32.1. The van der Waals surface area contributed by atoms with Crippen LogP contribution in [0.25, 0.3) is 10.9 Å². The number of para-hydroxylation sites is 1. The fourth-order valence-electron chi connectivity index (χ4n) is 2.14. The first kappa shape index (κ1) is 11.2. The molecule has 0 aliphatic heterocycles. The fraction of sp³-hybridized carbons (Fsp3) is 0.143. The summed E-state index contributed by atoms with van der Waals surface area (Å²) < 4.78 is 0.682. The summed E-state index contributed by atoms with van der Waals surface area (Å²) in [6, 6.07) is 10.4. The third-order valence-electron chi connectivity index (χ3n) is 3.03. The van der Waals surface area contributed by atoms with E-state index in [2.05, 4.69) is 39.2 Å². The van der Waals surface area contributed by atoms with Crippen molar-refractivity contribution in [3.05, 3.63) is 58.8 Å². The van der Waals surface area contributed by atoms with E-state index in [4.69, 9.17) is 12.2 Å². The van der Waals surface area contributed by atoms with Crippen molar-refractivity contribution in [3.8, 4) is 0 Å². The van der Waals surface area contributed by atoms with Gasteiger partial charge in [0, 0.05) is 23.5 Å². The number of fused-ring (bicyclic) bond motifs is 1. The zero-order valence-electron chi connectivity index (χ0n) is 9.81. The second-order valence-electron chi connectivity index (χ2n) is 4.26. The number of aromatic nitrogens is 3. The van der Waals surface area contributed by atoms with Crippen molar-refractivity contribution in [2.45, 2.75) is 12.8 Å². The molecule has 18 heavy (non-hydrogen) atoms. The third-order valence-corrected chi connectivity index (χ3v) is 3.25. The van der Waals surface area contributed by atoms with Crippen molar-refractivity contribution < 1.29 is 0 Å². The highest BCUT2D eigenvalue weighted by Gasteiger charge is 2.02. The molecule has 0 saturated heterocycles. The van der Waals surface area contributed by atoms with Gasteiger partial charge in [-0.1, -0.05) is 24.3 Å². The van der Waals surface area contributed by atoms with Crippen LogP contribution in [0.5, 0.6) is 0 Å². The lowest BCUT2D eigenvalue weighted by Crippen LogP contribution is -1.94. The molecule has 3 aromatic rings. The molecule has 0 amide bonds. The predicted octanol–water partition coefficient (Wildman–Crippen LogP) is 3.41. The van der Waals surface area contributed by atoms with Gasteiger partial charge in [-0.2, -0.15) is 0 Å². The number of aromatic amines is 2. The van der Waals surface area contributed by atoms with Crippen LogP contribution < -0.4 is 0 Å². The second kappa shape index (κ2) is 4.74. The lowest BCUT2D eigenvalue weighted by atomic mass is 10.0. The molecule has 0 aliphatic carbocycles. The first-order valence-corrected chi connectivity index (χ1v) is 6.33. The molecular weight excluding hydrogens is 242 g/mol. The van der Waals surface area contributed by atoms with E-state index in [-0.39, 0.29) is 0 Å². The minimum Gasteiger partial charge on any atom is -0.337 e. The third kappa shape index (κ3) is 2.19. The molecule has 0 unspecified atom stereocenters. The first-order chi connectivity index (χ1) is 8.83. The predicted molar refractivity (Wildman–Crippen MR) is 75.1 cm³/mol. The van der Waals surface area contributed by atoms with Crippen molar-refractivity contribution in [1.82, 2.24) is 15.0 Å². The first-order valence-electron chi connectivity index (χ1n) is 5.92. The maximum Gasteiger partial charge on any atom is 0.174 e. The average Bonchev–Trinajstić information content (AvgIpc) is 2.82. The Hall–Kier alpha value is -1.94. The number of rotatable bonds is 3. The molecule has 3 nitrogen and oxygen atoms in total. The summed E-state index contributed by atoms with van der Waals surface area (Å²) in [5.74, 6) is 0. The van der Waals surface area contributed by atoms with E-state index < -0.39 is 0 Å². The van der Waals surface area contributed by atoms with Gasteiger partial charge >= 0.3 is 0 Å². The molecular formula is C14H13N3S. The molecule has 0 radical (unpaired) electrons. The number of hydrogen-bond donors (Lipinski definition) is 2. The molecule has 0 fully saturated rings. The lowest BCUT2D eigenvalue weighted by molar-refractivity contribution is 0.928. The summed E-state index contributed by atoms with van der Waals surface area (Å²) in [5.41, 5.74) is 3.50. The van der Waals surface area contributed by atoms with Crippen LogP contribution in [0.4, 0.5) is 0 Å². The monoisotopic (exact) mass is 255 g/mol. The van der Waals surface area contributed by atoms with Gasteiger partial charge in [0.1, 0.15) is 0 Å². The summed E-state index contributed by atoms with van der Waals surface area (Å²) in [4.78, 5) is 10.6. The number of pyridine rings is 1. The maximum absolute atomic E-state index is 5.02. The van der Waals surface area contributed by atoms with E-state index in [0.717, 1.165) is 24.1 Å². The minimum atomic E-state index is 0.682. The molecule has 1 aromatic carbocycles. The molecule has 0 spiro atoms. The van der Waals surface area contributed by atoms with Gasteiger partial charge in [-0.3, -0.25) is 4.98 Å². The molecule has 0 saturated carbocycles. The van der Waals surface area contributed by atoms with Crippen LogP contribution in [0.3, 0.4) is 0 Å². The van der Waals surface area contributed by atoms with Crippen molar-refractivity contribution in [3.63, 3.8) is 0 Å². The van der Waals surface area contributed by atoms with Gasteiger partial charge < -0.3 is 9.97 Å². The van der Waals surface area contributed by atoms with E-state index in [1.54, 1.807) is 0 Å². The Balaban J connectivity index is 1.88. The van der Waals surface area contributed by atoms with Crippen LogP contribution in [0.15, 0.2) is 42.7 Å². The molecule has 90 valence electrons. The van der Waals surface area contributed by atoms with E-state index in [1.807, 2.05) is 18.5 Å². The second-order valence-corrected chi connectivity index (χ2v) is 4.67. The van der Waals surface area contributed by atoms with Crippen LogP contribution >= 0.6 is 12.2 Å². The maximum atomic E-state index is 5.02. The van der Waals surface area contributed by atoms with E-state index in [9.17, 15) is 0 Å². The van der Waals surface area contributed by atoms with Crippen molar-refractivity contribution >= 4 is 23.1 Å². The zero-order valence-corrected chi connectivity index (χ0v) is 10.6. The van der Waals surface area contributed by atoms with Gasteiger partial charge in [0.15, 0.2) is 4.77 Å². The van der Waals surface area contributed by atoms with E-state index in [0.29, 0.717) is 4.77 Å². The number of H-pyrrole nitrogens is 2. The van der Waals surface area contributed by atoms with Crippen LogP contribution in [0.1, 0.15) is 11.3 Å². The Bertz CT molecular complexity index is 721. The number of benzene rings is 1. The molecule has 2 aromatic heterocycles. The van der Waals surface area contributed by atoms with Crippen LogP contribution in [0, 0.1) is 4.77 Å². The van der Waals surface area contributed by atoms with Gasteiger partial charge in [-0.15, -0.1) is 0 Å². The van der Waals surface area contributed by atoms with Gasteiger partial charge in [-0.05, 0) is 36.7 Å². The molecule has 3 rings (SSSR count). The Labute approximate surface area is 110 Å². The number of nitrogens with zero attached hydrogens (tertiary/aromatic N) is 1. The van der Waals surface area contributed by atoms with Gasteiger partial charge in [0.05, 0.1) is 5.52 Å². The van der Waals surface area contributed by atoms with Crippen molar-refractivity contribution in [2.75, 3.05) is 0 Å². The van der Waals surface area contributed by atoms with Gasteiger partial charge in [0.2, 0.25) is 0 Å². The van der Waals surface area contributed by atoms with Crippen LogP contribution in [0.2, 0.25) is 0 Å². The Morgan fingerprint density at radius 3 is 2.83 bits per heavy atom. The average molecular weight is 255 g/mol. The Kier molecular flexibility index (Phi) is 2.94. The molecule has 0 bridgehead atoms. The fourth-order valence-corrected chi connectivity index (χ4v) is 2.33. The zero-order chi connectivity index (χ0) is 12.4. The summed E-state index contributed by atoms with van der Waals surface area (Å²) in [6.07, 6.45) is 5.66. The summed E-state index contributed by atoms with van der Waals surface area (Å²) in [7, 11) is 0. The lowest BCUT2D eigenvalue weighted by Gasteiger charge is -2.04. The van der Waals surface area contributed by atoms with Crippen LogP contribution in [-0.4, -0.2) is 15.0 Å². The topological polar surface area (TPSA) is 44.5 Å². The van der Waals surface area contributed by atoms with Crippen LogP contribution in [-0.2, 0) is 12.8 Å². The normalized spacial score (nSPS) is 10.9. The number of nitrogens with one attached hydrogen (secondary N) is 2. The van der Waals surface area contributed by atoms with E-state index in [1.165, 1.54) is 10.9 Å². The van der Waals surface area contributed by atoms with Gasteiger partial charge in [0.25, 0.3) is 0 Å². The quantitative estimate of drug-likeness (QED) is 0.704. The van der Waals surface area contributed by atoms with Crippen molar-refractivity contribution in [2.24, 2.45) is 0 Å². The number of imidazole rings is 1. The summed E-state index contributed by atoms with van der Waals surface area (Å²) in [5, 5.41) is 1.19.